The zero-order valence-electron chi connectivity index (χ0n) is 14.7. The second-order valence-corrected chi connectivity index (χ2v) is 7.60. The average molecular weight is 339 g/mol. The molecule has 2 saturated carbocycles. The molecule has 132 valence electrons. The maximum atomic E-state index is 5.94. The second kappa shape index (κ2) is 5.73. The topological polar surface area (TPSA) is 74.9 Å². The smallest absolute Gasteiger partial charge is 0.157 e. The molecule has 2 aliphatic carbocycles. The van der Waals surface area contributed by atoms with Crippen LogP contribution < -0.4 is 10.8 Å². The van der Waals surface area contributed by atoms with E-state index in [1.54, 1.807) is 0 Å². The van der Waals surface area contributed by atoms with Gasteiger partial charge in [0.2, 0.25) is 0 Å². The third-order valence-electron chi connectivity index (χ3n) is 5.95. The van der Waals surface area contributed by atoms with Crippen LogP contribution in [-0.2, 0) is 11.3 Å². The Morgan fingerprint density at radius 2 is 2.12 bits per heavy atom. The molecule has 0 radical (unpaired) electrons. The molecular formula is C19H25N5O. The first kappa shape index (κ1) is 15.2. The molecule has 0 atom stereocenters. The van der Waals surface area contributed by atoms with E-state index in [-0.39, 0.29) is 5.60 Å². The average Bonchev–Trinajstić information content (AvgIpc) is 3.33. The Kier molecular flexibility index (Phi) is 3.48. The standard InChI is InChI=1S/C19H25N5O/c1-2-14-16(15-10-19(25-24-15)8-5-9-19)17(21-12-6-3-4-7-12)13-11-20-23-18(13)22-14/h10-12,24H,2-9H2,1H3,(H2,20,21,22,23). The number of hydrogen-bond acceptors (Lipinski definition) is 5. The summed E-state index contributed by atoms with van der Waals surface area (Å²) in [5, 5.41) is 12.2. The highest BCUT2D eigenvalue weighted by Crippen LogP contribution is 2.44. The molecule has 25 heavy (non-hydrogen) atoms. The predicted molar refractivity (Wildman–Crippen MR) is 97.9 cm³/mol. The molecule has 6 heteroatoms. The molecule has 3 N–H and O–H groups in total. The van der Waals surface area contributed by atoms with Gasteiger partial charge in [-0.05, 0) is 44.6 Å². The van der Waals surface area contributed by atoms with Crippen LogP contribution in [0.2, 0.25) is 0 Å². The van der Waals surface area contributed by atoms with E-state index in [0.717, 1.165) is 52.9 Å². The third kappa shape index (κ3) is 2.42. The number of anilines is 1. The summed E-state index contributed by atoms with van der Waals surface area (Å²) >= 11 is 0. The normalized spacial score (nSPS) is 22.2. The van der Waals surface area contributed by atoms with E-state index in [9.17, 15) is 0 Å². The lowest BCUT2D eigenvalue weighted by Crippen LogP contribution is -2.36. The Bertz CT molecular complexity index is 830. The number of H-pyrrole nitrogens is 1. The minimum absolute atomic E-state index is 0.101. The largest absolute Gasteiger partial charge is 0.381 e. The molecule has 3 aliphatic rings. The van der Waals surface area contributed by atoms with E-state index in [2.05, 4.69) is 34.0 Å². The molecule has 0 amide bonds. The van der Waals surface area contributed by atoms with Gasteiger partial charge in [0.15, 0.2) is 5.65 Å². The van der Waals surface area contributed by atoms with Crippen LogP contribution in [0.4, 0.5) is 5.69 Å². The van der Waals surface area contributed by atoms with Gasteiger partial charge < -0.3 is 5.32 Å². The van der Waals surface area contributed by atoms with Crippen molar-refractivity contribution in [3.8, 4) is 0 Å². The number of aryl methyl sites for hydroxylation is 1. The van der Waals surface area contributed by atoms with Gasteiger partial charge in [0.05, 0.1) is 28.7 Å². The Hall–Kier alpha value is -2.08. The van der Waals surface area contributed by atoms with Crippen molar-refractivity contribution in [1.82, 2.24) is 20.7 Å². The summed E-state index contributed by atoms with van der Waals surface area (Å²) in [5.41, 5.74) is 8.43. The summed E-state index contributed by atoms with van der Waals surface area (Å²) in [6.45, 7) is 2.16. The van der Waals surface area contributed by atoms with E-state index in [0.29, 0.717) is 6.04 Å². The monoisotopic (exact) mass is 339 g/mol. The van der Waals surface area contributed by atoms with Crippen molar-refractivity contribution in [3.63, 3.8) is 0 Å². The highest BCUT2D eigenvalue weighted by molar-refractivity contribution is 5.96. The number of hydroxylamine groups is 1. The highest BCUT2D eigenvalue weighted by Gasteiger charge is 2.42. The van der Waals surface area contributed by atoms with Gasteiger partial charge in [-0.25, -0.2) is 4.98 Å². The molecule has 0 aromatic carbocycles. The molecule has 0 unspecified atom stereocenters. The summed E-state index contributed by atoms with van der Waals surface area (Å²) in [4.78, 5) is 10.8. The van der Waals surface area contributed by atoms with Crippen LogP contribution in [0.15, 0.2) is 12.3 Å². The summed E-state index contributed by atoms with van der Waals surface area (Å²) in [6, 6.07) is 0.532. The lowest BCUT2D eigenvalue weighted by molar-refractivity contribution is -0.0821. The zero-order valence-corrected chi connectivity index (χ0v) is 14.7. The van der Waals surface area contributed by atoms with E-state index in [1.165, 1.54) is 32.1 Å². The van der Waals surface area contributed by atoms with Crippen LogP contribution in [0, 0.1) is 0 Å². The fraction of sp³-hybridized carbons (Fsp3) is 0.579. The number of pyridine rings is 1. The number of aromatic nitrogens is 3. The Morgan fingerprint density at radius 3 is 2.80 bits per heavy atom. The van der Waals surface area contributed by atoms with Crippen molar-refractivity contribution in [2.45, 2.75) is 69.9 Å². The summed E-state index contributed by atoms with van der Waals surface area (Å²) in [7, 11) is 0. The first-order chi connectivity index (χ1) is 12.3. The van der Waals surface area contributed by atoms with Gasteiger partial charge >= 0.3 is 0 Å². The molecule has 2 aromatic heterocycles. The van der Waals surface area contributed by atoms with E-state index in [4.69, 9.17) is 9.82 Å². The molecule has 2 aromatic rings. The van der Waals surface area contributed by atoms with Crippen molar-refractivity contribution in [1.29, 1.82) is 0 Å². The van der Waals surface area contributed by atoms with Gasteiger partial charge in [-0.3, -0.25) is 15.4 Å². The first-order valence-electron chi connectivity index (χ1n) is 9.58. The zero-order chi connectivity index (χ0) is 16.9. The maximum Gasteiger partial charge on any atom is 0.157 e. The Morgan fingerprint density at radius 1 is 1.28 bits per heavy atom. The van der Waals surface area contributed by atoms with Crippen LogP contribution >= 0.6 is 0 Å². The molecule has 1 spiro atoms. The predicted octanol–water partition coefficient (Wildman–Crippen LogP) is 3.67. The quantitative estimate of drug-likeness (QED) is 0.792. The first-order valence-corrected chi connectivity index (χ1v) is 9.58. The molecule has 3 heterocycles. The number of rotatable bonds is 4. The minimum Gasteiger partial charge on any atom is -0.381 e. The third-order valence-corrected chi connectivity index (χ3v) is 5.95. The van der Waals surface area contributed by atoms with Gasteiger partial charge in [0.1, 0.15) is 5.60 Å². The molecule has 5 rings (SSSR count). The van der Waals surface area contributed by atoms with E-state index in [1.807, 2.05) is 6.20 Å². The van der Waals surface area contributed by atoms with Crippen LogP contribution in [0.1, 0.15) is 63.1 Å². The lowest BCUT2D eigenvalue weighted by atomic mass is 9.79. The SMILES string of the molecule is CCc1nc2[nH]ncc2c(NC2CCCC2)c1C1=CC2(CCC2)ON1. The van der Waals surface area contributed by atoms with Gasteiger partial charge in [-0.15, -0.1) is 0 Å². The summed E-state index contributed by atoms with van der Waals surface area (Å²) in [6.07, 6.45) is 13.5. The van der Waals surface area contributed by atoms with Crippen LogP contribution in [0.5, 0.6) is 0 Å². The number of hydrogen-bond donors (Lipinski definition) is 3. The number of fused-ring (bicyclic) bond motifs is 1. The van der Waals surface area contributed by atoms with Gasteiger partial charge in [0, 0.05) is 11.6 Å². The van der Waals surface area contributed by atoms with Crippen molar-refractivity contribution >= 4 is 22.4 Å². The fourth-order valence-corrected chi connectivity index (χ4v) is 4.36. The highest BCUT2D eigenvalue weighted by atomic mass is 16.7. The molecule has 6 nitrogen and oxygen atoms in total. The van der Waals surface area contributed by atoms with Crippen molar-refractivity contribution in [3.05, 3.63) is 23.5 Å². The van der Waals surface area contributed by atoms with Gasteiger partial charge in [0.25, 0.3) is 0 Å². The van der Waals surface area contributed by atoms with Gasteiger partial charge in [-0.1, -0.05) is 19.8 Å². The molecular weight excluding hydrogens is 314 g/mol. The number of nitrogens with zero attached hydrogens (tertiary/aromatic N) is 2. The second-order valence-electron chi connectivity index (χ2n) is 7.60. The molecule has 0 saturated heterocycles. The molecule has 1 aliphatic heterocycles. The van der Waals surface area contributed by atoms with Crippen molar-refractivity contribution in [2.24, 2.45) is 0 Å². The fourth-order valence-electron chi connectivity index (χ4n) is 4.36. The summed E-state index contributed by atoms with van der Waals surface area (Å²) in [5.74, 6) is 0. The van der Waals surface area contributed by atoms with Gasteiger partial charge in [-0.2, -0.15) is 5.10 Å². The van der Waals surface area contributed by atoms with Crippen LogP contribution in [0.3, 0.4) is 0 Å². The molecule has 2 fully saturated rings. The maximum absolute atomic E-state index is 5.94. The lowest BCUT2D eigenvalue weighted by Gasteiger charge is -2.33. The number of aromatic amines is 1. The van der Waals surface area contributed by atoms with Crippen molar-refractivity contribution < 1.29 is 4.84 Å². The van der Waals surface area contributed by atoms with Crippen molar-refractivity contribution in [2.75, 3.05) is 5.32 Å². The number of nitrogens with one attached hydrogen (secondary N) is 3. The minimum atomic E-state index is -0.101. The summed E-state index contributed by atoms with van der Waals surface area (Å²) < 4.78 is 0. The van der Waals surface area contributed by atoms with E-state index >= 15 is 0 Å². The molecule has 0 bridgehead atoms. The van der Waals surface area contributed by atoms with E-state index < -0.39 is 0 Å². The van der Waals surface area contributed by atoms with Crippen LogP contribution in [0.25, 0.3) is 16.7 Å². The van der Waals surface area contributed by atoms with Crippen LogP contribution in [-0.4, -0.2) is 26.8 Å². The Balaban J connectivity index is 1.65. The Labute approximate surface area is 147 Å².